The third kappa shape index (κ3) is 27.5. The van der Waals surface area contributed by atoms with Crippen molar-refractivity contribution in [2.75, 3.05) is 122 Å². The fraction of sp³-hybridized carbons (Fsp3) is 0.521. The molecule has 3 aliphatic rings. The number of benzene rings is 2. The summed E-state index contributed by atoms with van der Waals surface area (Å²) >= 11 is 0. The molecule has 2 aromatic carbocycles. The number of carbonyl (C=O) groups is 13. The summed E-state index contributed by atoms with van der Waals surface area (Å²) in [5.74, 6) is -17.6. The predicted molar refractivity (Wildman–Crippen MR) is 399 cm³/mol. The number of pyridine rings is 2. The van der Waals surface area contributed by atoms with Crippen LogP contribution in [0.4, 0.5) is 28.9 Å². The topological polar surface area (TPSA) is 543 Å². The van der Waals surface area contributed by atoms with E-state index in [4.69, 9.17) is 0 Å². The Hall–Kier alpha value is -12.2. The van der Waals surface area contributed by atoms with Crippen LogP contribution in [0.2, 0.25) is 0 Å². The maximum absolute atomic E-state index is 14.0. The van der Waals surface area contributed by atoms with E-state index < -0.39 is 184 Å². The van der Waals surface area contributed by atoms with Crippen molar-refractivity contribution in [1.29, 1.82) is 10.5 Å². The molecule has 43 heteroatoms. The highest BCUT2D eigenvalue weighted by atomic mass is 19.3. The Bertz CT molecular complexity index is 4460. The van der Waals surface area contributed by atoms with Crippen LogP contribution in [-0.2, 0) is 65.8 Å². The summed E-state index contributed by atoms with van der Waals surface area (Å²) in [5, 5.41) is 98.6. The van der Waals surface area contributed by atoms with Crippen LogP contribution in [0.3, 0.4) is 0 Å². The van der Waals surface area contributed by atoms with Gasteiger partial charge in [0, 0.05) is 140 Å². The fourth-order valence-corrected chi connectivity index (χ4v) is 13.4. The number of rotatable bonds is 39. The van der Waals surface area contributed by atoms with Crippen molar-refractivity contribution < 1.29 is 105 Å². The van der Waals surface area contributed by atoms with Crippen molar-refractivity contribution in [3.63, 3.8) is 0 Å². The molecule has 0 radical (unpaired) electrons. The number of carbonyl (C=O) groups excluding carboxylic acids is 9. The summed E-state index contributed by atoms with van der Waals surface area (Å²) < 4.78 is 57.5. The number of likely N-dealkylation sites (tertiary alicyclic amines) is 2. The Morgan fingerprint density at radius 1 is 0.552 bits per heavy atom. The Labute approximate surface area is 660 Å². The van der Waals surface area contributed by atoms with Gasteiger partial charge in [-0.3, -0.25) is 96.6 Å². The number of nitrogens with one attached hydrogen (secondary N) is 8. The second-order valence-corrected chi connectivity index (χ2v) is 28.0. The summed E-state index contributed by atoms with van der Waals surface area (Å²) in [6, 6.07) is 10.1. The highest BCUT2D eigenvalue weighted by molar-refractivity contribution is 6.11. The molecule has 5 aromatic rings. The molecule has 13 N–H and O–H groups in total. The van der Waals surface area contributed by atoms with Crippen molar-refractivity contribution in [1.82, 2.24) is 86.3 Å². The molecular formula is C73H91F4N21O18. The second-order valence-electron chi connectivity index (χ2n) is 28.0. The summed E-state index contributed by atoms with van der Waals surface area (Å²) in [5.41, 5.74) is 1.22. The number of hydrogen-bond donors (Lipinski definition) is 13. The summed E-state index contributed by atoms with van der Waals surface area (Å²) in [6.45, 7) is -3.97. The van der Waals surface area contributed by atoms with Crippen LogP contribution in [0.15, 0.2) is 67.1 Å². The molecule has 624 valence electrons. The van der Waals surface area contributed by atoms with Crippen LogP contribution in [0.25, 0.3) is 21.8 Å². The Kier molecular flexibility index (Phi) is 33.0. The summed E-state index contributed by atoms with van der Waals surface area (Å²) in [4.78, 5) is 184. The number of aryl methyl sites for hydroxylation is 1. The molecule has 6 heterocycles. The highest BCUT2D eigenvalue weighted by Gasteiger charge is 2.48. The zero-order valence-electron chi connectivity index (χ0n) is 63.0. The van der Waals surface area contributed by atoms with Crippen molar-refractivity contribution in [3.05, 3.63) is 83.9 Å². The lowest BCUT2D eigenvalue weighted by Crippen LogP contribution is -2.51. The van der Waals surface area contributed by atoms with Gasteiger partial charge in [0.25, 0.3) is 23.7 Å². The van der Waals surface area contributed by atoms with Gasteiger partial charge in [-0.1, -0.05) is 29.5 Å². The van der Waals surface area contributed by atoms with Crippen LogP contribution in [0.5, 0.6) is 0 Å². The quantitative estimate of drug-likeness (QED) is 0.0135. The number of halogens is 4. The number of amides is 9. The van der Waals surface area contributed by atoms with Gasteiger partial charge in [0.05, 0.1) is 104 Å². The normalized spacial score (nSPS) is 17.5. The number of nitriles is 2. The van der Waals surface area contributed by atoms with Crippen LogP contribution < -0.4 is 42.5 Å². The molecule has 39 nitrogen and oxygen atoms in total. The number of fused-ring (bicyclic) bond motifs is 2. The first-order valence-electron chi connectivity index (χ1n) is 37.3. The number of carboxylic acids is 4. The van der Waals surface area contributed by atoms with Gasteiger partial charge >= 0.3 is 23.9 Å². The van der Waals surface area contributed by atoms with E-state index in [0.29, 0.717) is 22.4 Å². The molecular weight excluding hydrogens is 1530 g/mol. The maximum Gasteiger partial charge on any atom is 0.320 e. The van der Waals surface area contributed by atoms with Crippen LogP contribution in [0, 0.1) is 22.7 Å². The first-order chi connectivity index (χ1) is 55.3. The van der Waals surface area contributed by atoms with Gasteiger partial charge in [-0.2, -0.15) is 10.5 Å². The van der Waals surface area contributed by atoms with Crippen molar-refractivity contribution in [2.24, 2.45) is 0 Å². The number of anilines is 2. The minimum atomic E-state index is -3.28. The molecule has 3 aromatic heterocycles. The summed E-state index contributed by atoms with van der Waals surface area (Å²) in [7, 11) is 0. The molecule has 0 saturated carbocycles. The second kappa shape index (κ2) is 42.8. The van der Waals surface area contributed by atoms with Gasteiger partial charge in [-0.05, 0) is 56.4 Å². The number of unbranched alkanes of at least 4 members (excludes halogenated alkanes) is 1. The van der Waals surface area contributed by atoms with E-state index in [-0.39, 0.29) is 169 Å². The molecule has 8 rings (SSSR count). The Morgan fingerprint density at radius 2 is 1.05 bits per heavy atom. The van der Waals surface area contributed by atoms with Gasteiger partial charge in [0.15, 0.2) is 0 Å². The maximum atomic E-state index is 14.0. The Balaban J connectivity index is 0.825. The van der Waals surface area contributed by atoms with Gasteiger partial charge < -0.3 is 77.9 Å². The molecule has 2 unspecified atom stereocenters. The lowest BCUT2D eigenvalue weighted by molar-refractivity contribution is -0.145. The van der Waals surface area contributed by atoms with Gasteiger partial charge in [-0.15, -0.1) is 5.10 Å². The smallest absolute Gasteiger partial charge is 0.320 e. The molecule has 3 fully saturated rings. The van der Waals surface area contributed by atoms with E-state index >= 15 is 0 Å². The minimum Gasteiger partial charge on any atom is -0.480 e. The first kappa shape index (κ1) is 89.4. The molecule has 0 bridgehead atoms. The predicted octanol–water partition coefficient (Wildman–Crippen LogP) is -0.414. The van der Waals surface area contributed by atoms with E-state index in [0.717, 1.165) is 4.90 Å². The lowest BCUT2D eigenvalue weighted by atomic mass is 10.1. The van der Waals surface area contributed by atoms with E-state index in [9.17, 15) is 116 Å². The van der Waals surface area contributed by atoms with Crippen LogP contribution in [-0.4, -0.2) is 310 Å². The van der Waals surface area contributed by atoms with Gasteiger partial charge in [0.2, 0.25) is 41.4 Å². The first-order valence-corrected chi connectivity index (χ1v) is 37.3. The van der Waals surface area contributed by atoms with E-state index in [1.165, 1.54) is 47.4 Å². The van der Waals surface area contributed by atoms with Crippen molar-refractivity contribution >= 4 is 110 Å². The number of para-hydroxylation sites is 2. The molecule has 5 atom stereocenters. The van der Waals surface area contributed by atoms with E-state index in [1.54, 1.807) is 56.1 Å². The SMILES string of the molecule is N#C[C@@H]1CC(F)(F)CN1C(=O)CNC(=O)c1ccnc2c(NC(=O)CCC(=O)N[C@@H](CCCCn3cc(CNC(=O)CCC(O)Nc4cccc5c(C(=O)NCC(=O)N6CC(F)(F)C[C@H]6C#N)ccnc45)nn3)C(=O)NCCNC(=O)CCCC(C(=O)O)N3CCN(CC(=O)O)CCN(CC(=O)O)CCN(CC(=O)O)CC3)cccc12. The van der Waals surface area contributed by atoms with Gasteiger partial charge in [-0.25, -0.2) is 17.6 Å². The molecule has 0 aliphatic carbocycles. The van der Waals surface area contributed by atoms with Crippen molar-refractivity contribution in [2.45, 2.75) is 132 Å². The molecule has 3 aliphatic heterocycles. The minimum absolute atomic E-state index is 0.00191. The number of aromatic nitrogens is 5. The number of aliphatic carboxylic acids is 4. The molecule has 0 spiro atoms. The monoisotopic (exact) mass is 1630 g/mol. The standard InChI is InChI=1S/C73H91F4N21O18/c74-72(75)32-46(34-78)97(43-72)61(104)37-85-68(112)50-17-19-81-66-48(50)6-3-9-52(66)87-58(101)14-13-57(100)84-36-45-39-96(91-90-45)23-2-1-8-54(89-60(103)16-15-59(102)88-53-10-4-7-49-51(18-20-82-67(49)53)69(113)86-38-62(105)98-44-73(76,77)33-47(98)35-79)70(114)83-22-21-80-56(99)12-5-11-55(71(115)116)95-30-28-93(41-64(108)109)26-24-92(40-63(106)107)25-27-94(29-31-95)42-65(110)111/h3-4,6-7,9-10,17-20,39,46-47,54-55,58,87,101H,1-2,5,8,11-16,21-33,36-38,40-44H2,(H,80,99)(H,83,114)(H,84,100)(H,85,112)(H,86,113)(H,88,102)(H,89,103)(H,106,107)(H,108,109)(H,110,111)(H,115,116)/t46-,47-,54-,55?,58?/m0/s1. The number of nitrogens with zero attached hydrogens (tertiary/aromatic N) is 13. The lowest BCUT2D eigenvalue weighted by Gasteiger charge is -2.35. The zero-order chi connectivity index (χ0) is 84.2. The number of alkyl halides is 4. The zero-order valence-corrected chi connectivity index (χ0v) is 63.0. The highest BCUT2D eigenvalue weighted by Crippen LogP contribution is 2.34. The summed E-state index contributed by atoms with van der Waals surface area (Å²) in [6.07, 6.45) is 0.564. The average molecular weight is 1630 g/mol. The number of hydrogen-bond acceptors (Lipinski definition) is 25. The largest absolute Gasteiger partial charge is 0.480 e. The molecule has 3 saturated heterocycles. The third-order valence-electron chi connectivity index (χ3n) is 19.3. The van der Waals surface area contributed by atoms with Crippen molar-refractivity contribution in [3.8, 4) is 12.1 Å². The number of carboxylic acid groups (broad SMARTS) is 4. The third-order valence-corrected chi connectivity index (χ3v) is 19.3. The van der Waals surface area contributed by atoms with Gasteiger partial charge in [0.1, 0.15) is 36.1 Å². The Morgan fingerprint density at radius 3 is 1.58 bits per heavy atom. The number of aliphatic hydroxyl groups is 1. The van der Waals surface area contributed by atoms with E-state index in [2.05, 4.69) is 62.8 Å². The molecule has 116 heavy (non-hydrogen) atoms. The molecule has 9 amide bonds. The number of aliphatic hydroxyl groups excluding tert-OH is 1. The van der Waals surface area contributed by atoms with Crippen LogP contribution >= 0.6 is 0 Å². The van der Waals surface area contributed by atoms with Crippen LogP contribution in [0.1, 0.15) is 103 Å². The van der Waals surface area contributed by atoms with E-state index in [1.807, 2.05) is 0 Å². The fourth-order valence-electron chi connectivity index (χ4n) is 13.4. The average Bonchev–Trinajstić information content (AvgIpc) is 1.20.